The SMILES string of the molecule is COC(=O)c1cc(OC)c2nnc(NC(=O)OC(C)(C)C)cc2c1. The second-order valence-corrected chi connectivity index (χ2v) is 5.96. The third kappa shape index (κ3) is 4.09. The van der Waals surface area contributed by atoms with Crippen LogP contribution in [0, 0.1) is 0 Å². The minimum atomic E-state index is -0.646. The summed E-state index contributed by atoms with van der Waals surface area (Å²) in [5.41, 5.74) is 0.133. The van der Waals surface area contributed by atoms with Crippen LogP contribution in [-0.4, -0.2) is 42.1 Å². The van der Waals surface area contributed by atoms with Crippen molar-refractivity contribution in [1.29, 1.82) is 0 Å². The van der Waals surface area contributed by atoms with Crippen molar-refractivity contribution < 1.29 is 23.8 Å². The van der Waals surface area contributed by atoms with Crippen molar-refractivity contribution in [2.45, 2.75) is 26.4 Å². The number of methoxy groups -OCH3 is 2. The summed E-state index contributed by atoms with van der Waals surface area (Å²) in [5.74, 6) is 0.0682. The number of carbonyl (C=O) groups excluding carboxylic acids is 2. The van der Waals surface area contributed by atoms with Gasteiger partial charge in [0.25, 0.3) is 0 Å². The third-order valence-electron chi connectivity index (χ3n) is 2.92. The van der Waals surface area contributed by atoms with Crippen molar-refractivity contribution in [3.05, 3.63) is 23.8 Å². The van der Waals surface area contributed by atoms with Crippen LogP contribution in [0.1, 0.15) is 31.1 Å². The number of fused-ring (bicyclic) bond motifs is 1. The fraction of sp³-hybridized carbons (Fsp3) is 0.375. The Bertz CT molecular complexity index is 783. The van der Waals surface area contributed by atoms with Crippen molar-refractivity contribution in [2.75, 3.05) is 19.5 Å². The van der Waals surface area contributed by atoms with E-state index >= 15 is 0 Å². The number of aromatic nitrogens is 2. The predicted molar refractivity (Wildman–Crippen MR) is 87.3 cm³/mol. The average Bonchev–Trinajstić information content (AvgIpc) is 2.50. The molecule has 1 N–H and O–H groups in total. The van der Waals surface area contributed by atoms with Crippen molar-refractivity contribution in [3.63, 3.8) is 0 Å². The molecule has 0 aliphatic heterocycles. The lowest BCUT2D eigenvalue weighted by Crippen LogP contribution is -2.27. The lowest BCUT2D eigenvalue weighted by Gasteiger charge is -2.19. The number of rotatable bonds is 3. The molecular weight excluding hydrogens is 314 g/mol. The van der Waals surface area contributed by atoms with Gasteiger partial charge in [-0.25, -0.2) is 9.59 Å². The second-order valence-electron chi connectivity index (χ2n) is 5.96. The number of hydrogen-bond donors (Lipinski definition) is 1. The molecule has 0 saturated carbocycles. The van der Waals surface area contributed by atoms with Crippen molar-refractivity contribution in [2.24, 2.45) is 0 Å². The fourth-order valence-electron chi connectivity index (χ4n) is 1.99. The number of ether oxygens (including phenoxy) is 3. The third-order valence-corrected chi connectivity index (χ3v) is 2.92. The van der Waals surface area contributed by atoms with Crippen LogP contribution < -0.4 is 10.1 Å². The second kappa shape index (κ2) is 6.69. The number of carbonyl (C=O) groups is 2. The van der Waals surface area contributed by atoms with Crippen LogP contribution in [0.5, 0.6) is 5.75 Å². The number of hydrogen-bond acceptors (Lipinski definition) is 7. The first-order chi connectivity index (χ1) is 11.2. The Morgan fingerprint density at radius 1 is 1.08 bits per heavy atom. The Hall–Kier alpha value is -2.90. The summed E-state index contributed by atoms with van der Waals surface area (Å²) in [7, 11) is 2.75. The van der Waals surface area contributed by atoms with Crippen LogP contribution in [0.15, 0.2) is 18.2 Å². The summed E-state index contributed by atoms with van der Waals surface area (Å²) in [6.45, 7) is 5.27. The highest BCUT2D eigenvalue weighted by molar-refractivity contribution is 5.98. The van der Waals surface area contributed by atoms with E-state index in [0.29, 0.717) is 22.2 Å². The summed E-state index contributed by atoms with van der Waals surface area (Å²) in [5, 5.41) is 11.0. The average molecular weight is 333 g/mol. The van der Waals surface area contributed by atoms with E-state index in [0.717, 1.165) is 0 Å². The predicted octanol–water partition coefficient (Wildman–Crippen LogP) is 2.77. The number of esters is 1. The van der Waals surface area contributed by atoms with Crippen molar-refractivity contribution in [3.8, 4) is 5.75 Å². The minimum Gasteiger partial charge on any atom is -0.494 e. The largest absolute Gasteiger partial charge is 0.494 e. The molecule has 0 saturated heterocycles. The molecule has 8 heteroatoms. The molecule has 24 heavy (non-hydrogen) atoms. The van der Waals surface area contributed by atoms with Gasteiger partial charge in [-0.3, -0.25) is 5.32 Å². The Balaban J connectivity index is 2.38. The van der Waals surface area contributed by atoms with Crippen molar-refractivity contribution >= 4 is 28.8 Å². The van der Waals surface area contributed by atoms with Gasteiger partial charge >= 0.3 is 12.1 Å². The van der Waals surface area contributed by atoms with Gasteiger partial charge in [0.2, 0.25) is 0 Å². The van der Waals surface area contributed by atoms with Gasteiger partial charge in [-0.2, -0.15) is 0 Å². The lowest BCUT2D eigenvalue weighted by molar-refractivity contribution is 0.0597. The molecular formula is C16H19N3O5. The maximum atomic E-state index is 11.8. The zero-order valence-corrected chi connectivity index (χ0v) is 14.2. The molecule has 2 aromatic rings. The van der Waals surface area contributed by atoms with Gasteiger partial charge in [0, 0.05) is 5.39 Å². The summed E-state index contributed by atoms with van der Waals surface area (Å²) in [6, 6.07) is 4.67. The summed E-state index contributed by atoms with van der Waals surface area (Å²) in [6.07, 6.45) is -0.646. The number of anilines is 1. The molecule has 0 aliphatic carbocycles. The molecule has 1 amide bonds. The van der Waals surface area contributed by atoms with Gasteiger partial charge in [-0.1, -0.05) is 0 Å². The fourth-order valence-corrected chi connectivity index (χ4v) is 1.99. The lowest BCUT2D eigenvalue weighted by atomic mass is 10.1. The van der Waals surface area contributed by atoms with Crippen LogP contribution in [0.25, 0.3) is 10.9 Å². The number of amides is 1. The summed E-state index contributed by atoms with van der Waals surface area (Å²) < 4.78 is 15.1. The summed E-state index contributed by atoms with van der Waals surface area (Å²) in [4.78, 5) is 23.5. The van der Waals surface area contributed by atoms with Gasteiger partial charge in [-0.05, 0) is 39.0 Å². The topological polar surface area (TPSA) is 99.6 Å². The normalized spacial score (nSPS) is 11.0. The van der Waals surface area contributed by atoms with E-state index in [1.54, 1.807) is 32.9 Å². The van der Waals surface area contributed by atoms with Crippen LogP contribution in [0.2, 0.25) is 0 Å². The molecule has 0 aliphatic rings. The molecule has 1 heterocycles. The molecule has 1 aromatic heterocycles. The molecule has 1 aromatic carbocycles. The number of nitrogens with one attached hydrogen (secondary N) is 1. The van der Waals surface area contributed by atoms with Gasteiger partial charge in [-0.15, -0.1) is 10.2 Å². The molecule has 2 rings (SSSR count). The molecule has 0 fully saturated rings. The van der Waals surface area contributed by atoms with Gasteiger partial charge in [0.1, 0.15) is 16.9 Å². The van der Waals surface area contributed by atoms with Crippen molar-refractivity contribution in [1.82, 2.24) is 10.2 Å². The van der Waals surface area contributed by atoms with E-state index in [-0.39, 0.29) is 5.82 Å². The summed E-state index contributed by atoms with van der Waals surface area (Å²) >= 11 is 0. The molecule has 0 spiro atoms. The van der Waals surface area contributed by atoms with E-state index in [4.69, 9.17) is 14.2 Å². The minimum absolute atomic E-state index is 0.195. The van der Waals surface area contributed by atoms with E-state index in [1.807, 2.05) is 0 Å². The highest BCUT2D eigenvalue weighted by atomic mass is 16.6. The van der Waals surface area contributed by atoms with E-state index in [9.17, 15) is 9.59 Å². The van der Waals surface area contributed by atoms with Crippen LogP contribution in [0.3, 0.4) is 0 Å². The number of nitrogens with zero attached hydrogens (tertiary/aromatic N) is 2. The zero-order valence-electron chi connectivity index (χ0n) is 14.2. The molecule has 0 bridgehead atoms. The monoisotopic (exact) mass is 333 g/mol. The first-order valence-corrected chi connectivity index (χ1v) is 7.17. The van der Waals surface area contributed by atoms with Gasteiger partial charge in [0.05, 0.1) is 19.8 Å². The zero-order chi connectivity index (χ0) is 17.9. The Morgan fingerprint density at radius 2 is 1.79 bits per heavy atom. The molecule has 0 radical (unpaired) electrons. The Labute approximate surface area is 139 Å². The Morgan fingerprint density at radius 3 is 2.38 bits per heavy atom. The molecule has 0 atom stereocenters. The first kappa shape index (κ1) is 17.5. The van der Waals surface area contributed by atoms with E-state index in [1.165, 1.54) is 20.3 Å². The maximum absolute atomic E-state index is 11.8. The smallest absolute Gasteiger partial charge is 0.413 e. The standard InChI is InChI=1S/C16H19N3O5/c1-16(2,3)24-15(21)17-12-8-9-6-10(14(20)23-5)7-11(22-4)13(9)19-18-12/h6-8H,1-5H3,(H,17,18,21). The van der Waals surface area contributed by atoms with Gasteiger partial charge in [0.15, 0.2) is 5.82 Å². The van der Waals surface area contributed by atoms with Gasteiger partial charge < -0.3 is 14.2 Å². The van der Waals surface area contributed by atoms with E-state index < -0.39 is 17.7 Å². The Kier molecular flexibility index (Phi) is 4.87. The molecule has 0 unspecified atom stereocenters. The number of benzene rings is 1. The van der Waals surface area contributed by atoms with Crippen LogP contribution in [-0.2, 0) is 9.47 Å². The maximum Gasteiger partial charge on any atom is 0.413 e. The quantitative estimate of drug-likeness (QED) is 0.862. The van der Waals surface area contributed by atoms with Crippen LogP contribution >= 0.6 is 0 Å². The molecule has 8 nitrogen and oxygen atoms in total. The molecule has 128 valence electrons. The van der Waals surface area contributed by atoms with E-state index in [2.05, 4.69) is 15.5 Å². The highest BCUT2D eigenvalue weighted by Gasteiger charge is 2.18. The highest BCUT2D eigenvalue weighted by Crippen LogP contribution is 2.27. The first-order valence-electron chi connectivity index (χ1n) is 7.17. The van der Waals surface area contributed by atoms with Crippen LogP contribution in [0.4, 0.5) is 10.6 Å².